The first kappa shape index (κ1) is 34.9. The summed E-state index contributed by atoms with van der Waals surface area (Å²) in [6.07, 6.45) is 0.0721. The number of aromatic nitrogens is 2. The molecule has 5 heteroatoms. The standard InChI is InChI=1S/C65H64N4O/c1-41(2)32-42-20-18-29-57-62(42)68(47-34-44(64(6,7)8)33-45(35-47)65(9,10)11)40-67(57)46-21-19-22-48(37-46)70-49-38-55(60-52-25-14-12-23-50(52)51-24-13-15-26-53(51)60)61-54-27-16-17-28-56(54)69(58(61)39-49)59-36-43(30-31-66-59)63(3,4)5/h12-31,33-39,41,60H,32H2,1-11H3/q+2/i12D,13D,14D,15D,23D,24D,25D,26D,32D2. The minimum Gasteiger partial charge on any atom is -0.457 e. The predicted octanol–water partition coefficient (Wildman–Crippen LogP) is 17.1. The van der Waals surface area contributed by atoms with Crippen molar-refractivity contribution in [1.29, 1.82) is 0 Å². The Morgan fingerprint density at radius 3 is 1.96 bits per heavy atom. The molecule has 0 saturated carbocycles. The lowest BCUT2D eigenvalue weighted by molar-refractivity contribution is 0.482. The number of rotatable bonds is 8. The van der Waals surface area contributed by atoms with E-state index < -0.39 is 36.5 Å². The van der Waals surface area contributed by atoms with Gasteiger partial charge in [-0.1, -0.05) is 167 Å². The van der Waals surface area contributed by atoms with Gasteiger partial charge in [0.15, 0.2) is 0 Å². The number of para-hydroxylation sites is 2. The van der Waals surface area contributed by atoms with Gasteiger partial charge >= 0.3 is 11.7 Å². The Labute approximate surface area is 428 Å². The summed E-state index contributed by atoms with van der Waals surface area (Å²) in [6.45, 7) is 23.4. The molecule has 11 rings (SSSR count). The molecule has 1 aliphatic heterocycles. The largest absolute Gasteiger partial charge is 0.503 e. The van der Waals surface area contributed by atoms with Crippen LogP contribution in [0.2, 0.25) is 0 Å². The van der Waals surface area contributed by atoms with Crippen LogP contribution in [0.4, 0.5) is 22.7 Å². The van der Waals surface area contributed by atoms with Crippen LogP contribution in [-0.4, -0.2) is 15.6 Å². The third-order valence-electron chi connectivity index (χ3n) is 13.5. The number of hydrogen-bond donors (Lipinski definition) is 0. The summed E-state index contributed by atoms with van der Waals surface area (Å²) in [5.74, 6) is -0.0672. The number of benzene rings is 7. The summed E-state index contributed by atoms with van der Waals surface area (Å²) >= 11 is 0. The average Bonchev–Trinajstić information content (AvgIpc) is 4.30. The zero-order valence-corrected chi connectivity index (χ0v) is 41.8. The van der Waals surface area contributed by atoms with E-state index in [0.29, 0.717) is 50.7 Å². The fourth-order valence-electron chi connectivity index (χ4n) is 9.96. The topological polar surface area (TPSA) is 33.1 Å². The van der Waals surface area contributed by atoms with Crippen molar-refractivity contribution >= 4 is 50.6 Å². The Hall–Kier alpha value is -7.33. The van der Waals surface area contributed by atoms with E-state index in [1.807, 2.05) is 108 Å². The van der Waals surface area contributed by atoms with Gasteiger partial charge in [-0.05, 0) is 113 Å². The van der Waals surface area contributed by atoms with Crippen molar-refractivity contribution in [3.05, 3.63) is 203 Å². The van der Waals surface area contributed by atoms with E-state index in [-0.39, 0.29) is 68.6 Å². The first-order chi connectivity index (χ1) is 37.5. The van der Waals surface area contributed by atoms with Crippen molar-refractivity contribution in [1.82, 2.24) is 18.7 Å². The molecule has 0 amide bonds. The molecule has 2 aliphatic rings. The van der Waals surface area contributed by atoms with Crippen LogP contribution in [0, 0.1) is 5.92 Å². The summed E-state index contributed by atoms with van der Waals surface area (Å²) in [6, 6.07) is 35.9. The lowest BCUT2D eigenvalue weighted by Gasteiger charge is -2.24. The maximum Gasteiger partial charge on any atom is 0.503 e. The highest BCUT2D eigenvalue weighted by Crippen LogP contribution is 2.52. The minimum atomic E-state index is -1.72. The Kier molecular flexibility index (Phi) is 8.31. The second-order valence-electron chi connectivity index (χ2n) is 22.0. The summed E-state index contributed by atoms with van der Waals surface area (Å²) in [7, 11) is 0. The van der Waals surface area contributed by atoms with E-state index in [1.54, 1.807) is 6.20 Å². The Bertz CT molecular complexity index is 4100. The molecule has 0 saturated heterocycles. The van der Waals surface area contributed by atoms with Gasteiger partial charge in [0.05, 0.1) is 28.1 Å². The van der Waals surface area contributed by atoms with Gasteiger partial charge in [0.25, 0.3) is 5.69 Å². The Balaban J connectivity index is 1.18. The van der Waals surface area contributed by atoms with Crippen molar-refractivity contribution in [3.8, 4) is 28.4 Å². The quantitative estimate of drug-likeness (QED) is 0.142. The molecule has 7 aromatic carbocycles. The molecule has 0 unspecified atom stereocenters. The third-order valence-corrected chi connectivity index (χ3v) is 13.5. The van der Waals surface area contributed by atoms with Gasteiger partial charge < -0.3 is 4.74 Å². The first-order valence-electron chi connectivity index (χ1n) is 29.2. The van der Waals surface area contributed by atoms with Crippen LogP contribution in [0.15, 0.2) is 164 Å². The van der Waals surface area contributed by atoms with E-state index in [2.05, 4.69) is 97.2 Å². The highest BCUT2D eigenvalue weighted by Gasteiger charge is 2.40. The Morgan fingerprint density at radius 2 is 1.29 bits per heavy atom. The van der Waals surface area contributed by atoms with Crippen LogP contribution in [0.25, 0.3) is 38.8 Å². The van der Waals surface area contributed by atoms with E-state index in [4.69, 9.17) is 15.2 Å². The molecule has 0 N–H and O–H groups in total. The van der Waals surface area contributed by atoms with Crippen molar-refractivity contribution in [2.45, 2.75) is 105 Å². The number of nitrogens with zero attached hydrogens (tertiary/aromatic N) is 4. The molecule has 0 atom stereocenters. The van der Waals surface area contributed by atoms with Crippen LogP contribution in [0.1, 0.15) is 135 Å². The molecule has 1 aliphatic carbocycles. The van der Waals surface area contributed by atoms with Gasteiger partial charge in [-0.3, -0.25) is 4.57 Å². The van der Waals surface area contributed by atoms with Crippen LogP contribution >= 0.6 is 0 Å². The van der Waals surface area contributed by atoms with E-state index in [1.165, 1.54) is 0 Å². The van der Waals surface area contributed by atoms with Gasteiger partial charge in [0, 0.05) is 61.5 Å². The summed E-state index contributed by atoms with van der Waals surface area (Å²) in [5, 5.41) is 1.48. The van der Waals surface area contributed by atoms with E-state index in [9.17, 15) is 8.22 Å². The molecule has 70 heavy (non-hydrogen) atoms. The molecule has 0 spiro atoms. The molecule has 9 aromatic rings. The number of hydrogen-bond acceptors (Lipinski definition) is 2. The molecule has 3 heterocycles. The number of ether oxygens (including phenoxy) is 1. The van der Waals surface area contributed by atoms with Crippen LogP contribution < -0.4 is 13.9 Å². The van der Waals surface area contributed by atoms with Gasteiger partial charge in [-0.2, -0.15) is 0 Å². The fraction of sp³-hybridized carbons (Fsp3) is 0.262. The Morgan fingerprint density at radius 1 is 0.629 bits per heavy atom. The molecular formula is C65H64N4O+2. The first-order valence-corrected chi connectivity index (χ1v) is 24.2. The van der Waals surface area contributed by atoms with Crippen LogP contribution in [0.3, 0.4) is 0 Å². The molecular weight excluding hydrogens is 853 g/mol. The van der Waals surface area contributed by atoms with Crippen molar-refractivity contribution in [2.75, 3.05) is 0 Å². The summed E-state index contributed by atoms with van der Waals surface area (Å²) < 4.78 is 105. The molecule has 2 aromatic heterocycles. The fourth-order valence-corrected chi connectivity index (χ4v) is 9.96. The van der Waals surface area contributed by atoms with E-state index in [0.717, 1.165) is 39.0 Å². The lowest BCUT2D eigenvalue weighted by Crippen LogP contribution is -2.17. The van der Waals surface area contributed by atoms with Gasteiger partial charge in [0.1, 0.15) is 17.3 Å². The third kappa shape index (κ3) is 7.87. The zero-order valence-electron chi connectivity index (χ0n) is 51.8. The van der Waals surface area contributed by atoms with Gasteiger partial charge in [-0.25, -0.2) is 4.98 Å². The highest BCUT2D eigenvalue weighted by atomic mass is 16.5. The monoisotopic (exact) mass is 927 g/mol. The van der Waals surface area contributed by atoms with Gasteiger partial charge in [0.2, 0.25) is 11.4 Å². The normalized spacial score (nSPS) is 15.9. The maximum atomic E-state index is 9.52. The second-order valence-corrected chi connectivity index (χ2v) is 22.0. The summed E-state index contributed by atoms with van der Waals surface area (Å²) in [4.78, 5) is 4.95. The van der Waals surface area contributed by atoms with Gasteiger partial charge in [-0.15, -0.1) is 0 Å². The smallest absolute Gasteiger partial charge is 0.457 e. The molecule has 0 bridgehead atoms. The molecule has 0 radical (unpaired) electrons. The van der Waals surface area contributed by atoms with Crippen LogP contribution in [0.5, 0.6) is 11.5 Å². The predicted molar refractivity (Wildman–Crippen MR) is 293 cm³/mol. The summed E-state index contributed by atoms with van der Waals surface area (Å²) in [5.41, 5.74) is 8.50. The molecule has 5 nitrogen and oxygen atoms in total. The second kappa shape index (κ2) is 16.7. The maximum absolute atomic E-state index is 9.52. The number of fused-ring (bicyclic) bond motifs is 7. The average molecular weight is 927 g/mol. The lowest BCUT2D eigenvalue weighted by atomic mass is 9.80. The van der Waals surface area contributed by atoms with Crippen LogP contribution in [-0.2, 0) is 22.6 Å². The van der Waals surface area contributed by atoms with Crippen molar-refractivity contribution < 1.29 is 18.4 Å². The molecule has 348 valence electrons. The van der Waals surface area contributed by atoms with E-state index >= 15 is 0 Å². The molecule has 0 fully saturated rings. The van der Waals surface area contributed by atoms with Crippen molar-refractivity contribution in [3.63, 3.8) is 0 Å². The zero-order chi connectivity index (χ0) is 57.6. The minimum absolute atomic E-state index is 0.0373. The number of pyridine rings is 1. The highest BCUT2D eigenvalue weighted by molar-refractivity contribution is 6.12. The van der Waals surface area contributed by atoms with Crippen molar-refractivity contribution in [2.24, 2.45) is 5.92 Å². The SMILES string of the molecule is [2H]c1c([2H])c([2H])c2c(c1[2H])-c1c([2H])c([2H])c([2H])c([2H])c1C2c1cc(Oc2cccc([N+]3=C=[N+](c4cc(C(C)(C)C)cc(C(C)(C)C)c4)c4c3cccc4C([2H])([2H])C(C)C)c2)cc2c1c1ccccc1n2-c1cc(C(C)(C)C)ccn1.